The Kier molecular flexibility index (Phi) is 2.41. The average Bonchev–Trinajstić information content (AvgIpc) is 2.76. The minimum atomic E-state index is 0.368. The van der Waals surface area contributed by atoms with Gasteiger partial charge in [-0.1, -0.05) is 50.3 Å². The van der Waals surface area contributed by atoms with Crippen LogP contribution in [0.1, 0.15) is 20.3 Å². The molecule has 2 aliphatic carbocycles. The summed E-state index contributed by atoms with van der Waals surface area (Å²) in [5.41, 5.74) is 4.89. The lowest BCUT2D eigenvalue weighted by atomic mass is 9.74. The molecular formula is C19H21N. The van der Waals surface area contributed by atoms with Gasteiger partial charge in [0.15, 0.2) is 0 Å². The molecular weight excluding hydrogens is 242 g/mol. The quantitative estimate of drug-likeness (QED) is 0.694. The van der Waals surface area contributed by atoms with Crippen molar-refractivity contribution in [2.75, 3.05) is 13.6 Å². The van der Waals surface area contributed by atoms with Crippen LogP contribution >= 0.6 is 0 Å². The number of piperidine rings is 1. The van der Waals surface area contributed by atoms with Gasteiger partial charge < -0.3 is 0 Å². The molecule has 3 aliphatic rings. The summed E-state index contributed by atoms with van der Waals surface area (Å²) < 4.78 is 0. The van der Waals surface area contributed by atoms with Gasteiger partial charge >= 0.3 is 0 Å². The molecule has 1 heteroatoms. The molecule has 20 heavy (non-hydrogen) atoms. The lowest BCUT2D eigenvalue weighted by molar-refractivity contribution is 0.151. The molecule has 1 heterocycles. The van der Waals surface area contributed by atoms with Gasteiger partial charge in [-0.25, -0.2) is 0 Å². The molecule has 102 valence electrons. The van der Waals surface area contributed by atoms with Gasteiger partial charge in [0.2, 0.25) is 0 Å². The van der Waals surface area contributed by atoms with Crippen molar-refractivity contribution in [2.45, 2.75) is 26.3 Å². The first kappa shape index (κ1) is 12.2. The number of likely N-dealkylation sites (N-methyl/N-ethyl adjacent to an activating group) is 1. The number of fused-ring (bicyclic) bond motifs is 3. The molecule has 0 aromatic heterocycles. The van der Waals surface area contributed by atoms with E-state index in [-0.39, 0.29) is 0 Å². The molecule has 0 saturated carbocycles. The van der Waals surface area contributed by atoms with Crippen LogP contribution in [0.3, 0.4) is 0 Å². The third-order valence-electron chi connectivity index (χ3n) is 4.81. The standard InChI is InChI=1S/C19H21N/c1-19(2)11-17-16-10-13-6-4-5-7-14(13)15(16)8-9-18(17)20(3)12-19/h4-10,18H,11-12H2,1-3H3. The molecule has 1 aliphatic heterocycles. The number of hydrogen-bond donors (Lipinski definition) is 0. The normalized spacial score (nSPS) is 26.9. The molecule has 0 bridgehead atoms. The fraction of sp³-hybridized carbons (Fsp3) is 0.368. The molecule has 1 atom stereocenters. The van der Waals surface area contributed by atoms with E-state index in [9.17, 15) is 0 Å². The second-order valence-electron chi connectivity index (χ2n) is 7.14. The van der Waals surface area contributed by atoms with Gasteiger partial charge in [0.25, 0.3) is 0 Å². The van der Waals surface area contributed by atoms with Crippen LogP contribution in [-0.4, -0.2) is 24.5 Å². The number of nitrogens with zero attached hydrogens (tertiary/aromatic N) is 1. The van der Waals surface area contributed by atoms with E-state index in [1.807, 2.05) is 0 Å². The van der Waals surface area contributed by atoms with Gasteiger partial charge in [0.1, 0.15) is 0 Å². The third-order valence-corrected chi connectivity index (χ3v) is 4.81. The maximum atomic E-state index is 2.50. The van der Waals surface area contributed by atoms with E-state index in [2.05, 4.69) is 68.3 Å². The first-order chi connectivity index (χ1) is 9.55. The van der Waals surface area contributed by atoms with Crippen molar-refractivity contribution in [3.8, 4) is 0 Å². The Morgan fingerprint density at radius 1 is 1.15 bits per heavy atom. The Hall–Kier alpha value is -1.60. The first-order valence-electron chi connectivity index (χ1n) is 7.48. The van der Waals surface area contributed by atoms with Crippen LogP contribution in [0.15, 0.2) is 47.6 Å². The number of benzene rings is 1. The summed E-state index contributed by atoms with van der Waals surface area (Å²) >= 11 is 0. The highest BCUT2D eigenvalue weighted by molar-refractivity contribution is 5.90. The number of allylic oxidation sites excluding steroid dienone is 2. The Morgan fingerprint density at radius 3 is 2.80 bits per heavy atom. The molecule has 1 nitrogen and oxygen atoms in total. The van der Waals surface area contributed by atoms with Crippen LogP contribution in [0.2, 0.25) is 0 Å². The maximum absolute atomic E-state index is 2.50. The van der Waals surface area contributed by atoms with Crippen molar-refractivity contribution in [1.29, 1.82) is 0 Å². The van der Waals surface area contributed by atoms with Crippen LogP contribution in [0.25, 0.3) is 11.6 Å². The summed E-state index contributed by atoms with van der Waals surface area (Å²) in [5.74, 6) is 0. The smallest absolute Gasteiger partial charge is 0.0500 e. The molecule has 1 fully saturated rings. The van der Waals surface area contributed by atoms with Crippen LogP contribution < -0.4 is 10.4 Å². The van der Waals surface area contributed by atoms with Crippen LogP contribution in [0.4, 0.5) is 0 Å². The van der Waals surface area contributed by atoms with Gasteiger partial charge in [-0.3, -0.25) is 4.90 Å². The predicted octanol–water partition coefficient (Wildman–Crippen LogP) is 2.23. The van der Waals surface area contributed by atoms with E-state index in [4.69, 9.17) is 0 Å². The second-order valence-corrected chi connectivity index (χ2v) is 7.14. The topological polar surface area (TPSA) is 3.24 Å². The summed E-state index contributed by atoms with van der Waals surface area (Å²) in [6.45, 7) is 5.93. The van der Waals surface area contributed by atoms with Gasteiger partial charge in [0, 0.05) is 6.54 Å². The Labute approximate surface area is 120 Å². The average molecular weight is 263 g/mol. The van der Waals surface area contributed by atoms with Gasteiger partial charge in [-0.05, 0) is 52.1 Å². The largest absolute Gasteiger partial charge is 0.296 e. The Morgan fingerprint density at radius 2 is 1.95 bits per heavy atom. The molecule has 0 radical (unpaired) electrons. The minimum absolute atomic E-state index is 0.368. The van der Waals surface area contributed by atoms with Crippen molar-refractivity contribution in [3.05, 3.63) is 58.0 Å². The van der Waals surface area contributed by atoms with Crippen LogP contribution in [0, 0.1) is 5.41 Å². The fourth-order valence-electron chi connectivity index (χ4n) is 4.11. The lowest BCUT2D eigenvalue weighted by Crippen LogP contribution is -2.46. The maximum Gasteiger partial charge on any atom is 0.0500 e. The van der Waals surface area contributed by atoms with E-state index >= 15 is 0 Å². The molecule has 0 amide bonds. The highest BCUT2D eigenvalue weighted by Gasteiger charge is 2.36. The molecule has 1 aromatic carbocycles. The van der Waals surface area contributed by atoms with E-state index in [1.54, 1.807) is 5.57 Å². The van der Waals surface area contributed by atoms with Gasteiger partial charge in [-0.15, -0.1) is 0 Å². The van der Waals surface area contributed by atoms with E-state index in [0.717, 1.165) is 0 Å². The van der Waals surface area contributed by atoms with Crippen molar-refractivity contribution in [1.82, 2.24) is 4.90 Å². The molecule has 4 rings (SSSR count). The van der Waals surface area contributed by atoms with Crippen molar-refractivity contribution in [3.63, 3.8) is 0 Å². The lowest BCUT2D eigenvalue weighted by Gasteiger charge is -2.44. The van der Waals surface area contributed by atoms with E-state index < -0.39 is 0 Å². The summed E-state index contributed by atoms with van der Waals surface area (Å²) in [4.78, 5) is 2.50. The molecule has 0 N–H and O–H groups in total. The summed E-state index contributed by atoms with van der Waals surface area (Å²) in [7, 11) is 2.25. The SMILES string of the molecule is CN1CC(C)(C)CC2=C3C=c4ccccc4=C3C=CC21. The van der Waals surface area contributed by atoms with Crippen LogP contribution in [-0.2, 0) is 0 Å². The minimum Gasteiger partial charge on any atom is -0.296 e. The van der Waals surface area contributed by atoms with E-state index in [1.165, 1.54) is 34.5 Å². The third kappa shape index (κ3) is 1.66. The zero-order valence-corrected chi connectivity index (χ0v) is 12.5. The van der Waals surface area contributed by atoms with Gasteiger partial charge in [0.05, 0.1) is 6.04 Å². The molecule has 1 aromatic rings. The monoisotopic (exact) mass is 263 g/mol. The van der Waals surface area contributed by atoms with Crippen molar-refractivity contribution >= 4 is 11.6 Å². The predicted molar refractivity (Wildman–Crippen MR) is 84.5 cm³/mol. The van der Waals surface area contributed by atoms with E-state index in [0.29, 0.717) is 11.5 Å². The molecule has 1 unspecified atom stereocenters. The summed E-state index contributed by atoms with van der Waals surface area (Å²) in [5, 5.41) is 2.78. The van der Waals surface area contributed by atoms with Gasteiger partial charge in [-0.2, -0.15) is 0 Å². The molecule has 0 spiro atoms. The molecule has 1 saturated heterocycles. The number of likely N-dealkylation sites (tertiary alicyclic amines) is 1. The highest BCUT2D eigenvalue weighted by Crippen LogP contribution is 2.41. The highest BCUT2D eigenvalue weighted by atomic mass is 15.1. The Bertz CT molecular complexity index is 761. The van der Waals surface area contributed by atoms with Crippen molar-refractivity contribution in [2.24, 2.45) is 5.41 Å². The summed E-state index contributed by atoms with van der Waals surface area (Å²) in [6.07, 6.45) is 8.32. The summed E-state index contributed by atoms with van der Waals surface area (Å²) in [6, 6.07) is 9.25. The van der Waals surface area contributed by atoms with Crippen LogP contribution in [0.5, 0.6) is 0 Å². The number of hydrogen-bond acceptors (Lipinski definition) is 1. The fourth-order valence-corrected chi connectivity index (χ4v) is 4.11. The zero-order chi connectivity index (χ0) is 13.9. The zero-order valence-electron chi connectivity index (χ0n) is 12.5. The van der Waals surface area contributed by atoms with Crippen molar-refractivity contribution < 1.29 is 0 Å². The number of rotatable bonds is 0. The second kappa shape index (κ2) is 3.95. The Balaban J connectivity index is 1.97. The first-order valence-corrected chi connectivity index (χ1v) is 7.48.